The molecule has 2 aromatic heterocycles. The fourth-order valence-electron chi connectivity index (χ4n) is 1.82. The van der Waals surface area contributed by atoms with Gasteiger partial charge in [0.25, 0.3) is 5.22 Å². The highest BCUT2D eigenvalue weighted by molar-refractivity contribution is 7.98. The van der Waals surface area contributed by atoms with Crippen molar-refractivity contribution in [2.24, 2.45) is 0 Å². The first-order valence-electron chi connectivity index (χ1n) is 6.61. The summed E-state index contributed by atoms with van der Waals surface area (Å²) in [5.74, 6) is 0.183. The van der Waals surface area contributed by atoms with Gasteiger partial charge < -0.3 is 13.9 Å². The number of hydrogen-bond acceptors (Lipinski definition) is 7. The molecule has 0 fully saturated rings. The molecule has 1 N–H and O–H groups in total. The molecule has 0 saturated carbocycles. The zero-order valence-corrected chi connectivity index (χ0v) is 12.5. The van der Waals surface area contributed by atoms with Gasteiger partial charge in [0, 0.05) is 6.07 Å². The van der Waals surface area contributed by atoms with E-state index in [9.17, 15) is 9.18 Å². The van der Waals surface area contributed by atoms with Crippen molar-refractivity contribution in [1.82, 2.24) is 10.2 Å². The van der Waals surface area contributed by atoms with Crippen molar-refractivity contribution in [3.63, 3.8) is 0 Å². The van der Waals surface area contributed by atoms with Gasteiger partial charge in [-0.2, -0.15) is 0 Å². The van der Waals surface area contributed by atoms with Crippen LogP contribution in [0.4, 0.5) is 4.39 Å². The predicted molar refractivity (Wildman–Crippen MR) is 79.7 cm³/mol. The van der Waals surface area contributed by atoms with E-state index in [1.165, 1.54) is 23.9 Å². The molecule has 0 aliphatic carbocycles. The largest absolute Gasteiger partial charge is 0.502 e. The van der Waals surface area contributed by atoms with E-state index in [1.807, 2.05) is 0 Å². The Bertz CT molecular complexity index is 878. The summed E-state index contributed by atoms with van der Waals surface area (Å²) < 4.78 is 24.1. The average molecular weight is 334 g/mol. The monoisotopic (exact) mass is 334 g/mol. The zero-order valence-electron chi connectivity index (χ0n) is 11.7. The van der Waals surface area contributed by atoms with Gasteiger partial charge in [-0.1, -0.05) is 30.0 Å². The summed E-state index contributed by atoms with van der Waals surface area (Å²) in [6.45, 7) is 0. The number of aromatic nitrogens is 2. The molecule has 0 amide bonds. The van der Waals surface area contributed by atoms with E-state index in [2.05, 4.69) is 10.2 Å². The summed E-state index contributed by atoms with van der Waals surface area (Å²) in [7, 11) is 0. The van der Waals surface area contributed by atoms with E-state index in [0.29, 0.717) is 17.2 Å². The first-order valence-corrected chi connectivity index (χ1v) is 7.59. The van der Waals surface area contributed by atoms with Gasteiger partial charge in [0.15, 0.2) is 5.75 Å². The molecule has 23 heavy (non-hydrogen) atoms. The Morgan fingerprint density at radius 3 is 2.87 bits per heavy atom. The summed E-state index contributed by atoms with van der Waals surface area (Å²) >= 11 is 1.18. The second kappa shape index (κ2) is 6.66. The summed E-state index contributed by atoms with van der Waals surface area (Å²) in [5.41, 5.74) is -0.0464. The third-order valence-corrected chi connectivity index (χ3v) is 3.79. The van der Waals surface area contributed by atoms with Gasteiger partial charge in [0.1, 0.15) is 17.8 Å². The molecule has 0 unspecified atom stereocenters. The highest BCUT2D eigenvalue weighted by Crippen LogP contribution is 2.22. The SMILES string of the molecule is O=c1cc(CSc2nnc(Cc3ccccc3F)o2)occ1O. The number of rotatable bonds is 5. The zero-order chi connectivity index (χ0) is 16.2. The Hall–Kier alpha value is -2.61. The normalized spacial score (nSPS) is 10.8. The Kier molecular flexibility index (Phi) is 4.42. The highest BCUT2D eigenvalue weighted by atomic mass is 32.2. The van der Waals surface area contributed by atoms with Crippen LogP contribution in [-0.2, 0) is 12.2 Å². The molecule has 0 aliphatic heterocycles. The fourth-order valence-corrected chi connectivity index (χ4v) is 2.50. The van der Waals surface area contributed by atoms with Gasteiger partial charge in [-0.25, -0.2) is 4.39 Å². The van der Waals surface area contributed by atoms with Crippen molar-refractivity contribution in [1.29, 1.82) is 0 Å². The minimum atomic E-state index is -0.516. The van der Waals surface area contributed by atoms with Crippen LogP contribution in [0.1, 0.15) is 17.2 Å². The van der Waals surface area contributed by atoms with E-state index < -0.39 is 11.2 Å². The van der Waals surface area contributed by atoms with Gasteiger partial charge in [0.05, 0.1) is 12.2 Å². The summed E-state index contributed by atoms with van der Waals surface area (Å²) in [6, 6.07) is 7.56. The smallest absolute Gasteiger partial charge is 0.277 e. The molecule has 3 aromatic rings. The Morgan fingerprint density at radius 1 is 1.26 bits per heavy atom. The van der Waals surface area contributed by atoms with Crippen LogP contribution in [0.2, 0.25) is 0 Å². The summed E-state index contributed by atoms with van der Waals surface area (Å²) in [5, 5.41) is 17.1. The van der Waals surface area contributed by atoms with Gasteiger partial charge in [0.2, 0.25) is 11.3 Å². The second-order valence-electron chi connectivity index (χ2n) is 4.61. The maximum atomic E-state index is 13.6. The number of nitrogens with zero attached hydrogens (tertiary/aromatic N) is 2. The van der Waals surface area contributed by atoms with Gasteiger partial charge in [-0.05, 0) is 11.6 Å². The number of thioether (sulfide) groups is 1. The fraction of sp³-hybridized carbons (Fsp3) is 0.133. The number of benzene rings is 1. The Labute approximate surface area is 134 Å². The van der Waals surface area contributed by atoms with Gasteiger partial charge in [-0.3, -0.25) is 4.79 Å². The van der Waals surface area contributed by atoms with Crippen LogP contribution in [0.5, 0.6) is 5.75 Å². The summed E-state index contributed by atoms with van der Waals surface area (Å²) in [6.07, 6.45) is 1.18. The van der Waals surface area contributed by atoms with Gasteiger partial charge in [-0.15, -0.1) is 10.2 Å². The van der Waals surface area contributed by atoms with Crippen molar-refractivity contribution in [3.05, 3.63) is 69.8 Å². The summed E-state index contributed by atoms with van der Waals surface area (Å²) in [4.78, 5) is 11.3. The molecule has 0 radical (unpaired) electrons. The van der Waals surface area contributed by atoms with E-state index in [0.717, 1.165) is 6.26 Å². The van der Waals surface area contributed by atoms with E-state index >= 15 is 0 Å². The quantitative estimate of drug-likeness (QED) is 0.718. The molecule has 0 saturated heterocycles. The van der Waals surface area contributed by atoms with E-state index in [-0.39, 0.29) is 23.2 Å². The molecular weight excluding hydrogens is 323 g/mol. The molecule has 118 valence electrons. The van der Waals surface area contributed by atoms with Crippen LogP contribution in [0.15, 0.2) is 55.4 Å². The predicted octanol–water partition coefficient (Wildman–Crippen LogP) is 2.75. The third-order valence-electron chi connectivity index (χ3n) is 2.95. The van der Waals surface area contributed by atoms with Crippen LogP contribution in [0.3, 0.4) is 0 Å². The van der Waals surface area contributed by atoms with Crippen molar-refractivity contribution in [2.45, 2.75) is 17.4 Å². The molecule has 3 rings (SSSR count). The Morgan fingerprint density at radius 2 is 2.09 bits per heavy atom. The first kappa shape index (κ1) is 15.3. The van der Waals surface area contributed by atoms with Crippen molar-refractivity contribution in [2.75, 3.05) is 0 Å². The maximum Gasteiger partial charge on any atom is 0.277 e. The molecule has 1 aromatic carbocycles. The van der Waals surface area contributed by atoms with Crippen LogP contribution < -0.4 is 5.43 Å². The van der Waals surface area contributed by atoms with Crippen molar-refractivity contribution < 1.29 is 18.3 Å². The number of halogens is 1. The lowest BCUT2D eigenvalue weighted by atomic mass is 10.1. The minimum Gasteiger partial charge on any atom is -0.502 e. The molecule has 8 heteroatoms. The van der Waals surface area contributed by atoms with Crippen molar-refractivity contribution >= 4 is 11.8 Å². The molecule has 0 bridgehead atoms. The third kappa shape index (κ3) is 3.78. The standard InChI is InChI=1S/C15H11FN2O4S/c16-11-4-2-1-3-9(11)5-14-17-18-15(22-14)23-8-10-6-12(19)13(20)7-21-10/h1-4,6-7,20H,5,8H2. The maximum absolute atomic E-state index is 13.6. The lowest BCUT2D eigenvalue weighted by Crippen LogP contribution is -1.98. The topological polar surface area (TPSA) is 89.4 Å². The number of hydrogen-bond donors (Lipinski definition) is 1. The van der Waals surface area contributed by atoms with E-state index in [4.69, 9.17) is 13.9 Å². The lowest BCUT2D eigenvalue weighted by Gasteiger charge is -1.98. The van der Waals surface area contributed by atoms with E-state index in [1.54, 1.807) is 18.2 Å². The average Bonchev–Trinajstić information content (AvgIpc) is 2.98. The second-order valence-corrected chi connectivity index (χ2v) is 5.54. The Balaban J connectivity index is 1.64. The highest BCUT2D eigenvalue weighted by Gasteiger charge is 2.11. The van der Waals surface area contributed by atoms with Crippen molar-refractivity contribution in [3.8, 4) is 5.75 Å². The lowest BCUT2D eigenvalue weighted by molar-refractivity contribution is 0.413. The molecule has 0 aliphatic rings. The molecular formula is C15H11FN2O4S. The molecule has 2 heterocycles. The minimum absolute atomic E-state index is 0.203. The van der Waals surface area contributed by atoms with Crippen LogP contribution >= 0.6 is 11.8 Å². The molecule has 6 nitrogen and oxygen atoms in total. The van der Waals surface area contributed by atoms with Gasteiger partial charge >= 0.3 is 0 Å². The van der Waals surface area contributed by atoms with Crippen LogP contribution in [0, 0.1) is 5.82 Å². The molecule has 0 atom stereocenters. The first-order chi connectivity index (χ1) is 11.1. The van der Waals surface area contributed by atoms with Crippen LogP contribution in [-0.4, -0.2) is 15.3 Å². The number of aromatic hydroxyl groups is 1. The molecule has 0 spiro atoms. The van der Waals surface area contributed by atoms with Crippen LogP contribution in [0.25, 0.3) is 0 Å².